The Bertz CT molecular complexity index is 496. The molecule has 2 nitrogen and oxygen atoms in total. The number of hydrogen-bond donors (Lipinski definition) is 0. The molecule has 0 saturated heterocycles. The van der Waals surface area contributed by atoms with Crippen LogP contribution in [0.3, 0.4) is 0 Å². The maximum Gasteiger partial charge on any atom is 0.160 e. The molecule has 0 N–H and O–H groups in total. The molecule has 1 aliphatic rings. The van der Waals surface area contributed by atoms with Crippen molar-refractivity contribution >= 4 is 11.5 Å². The Balaban J connectivity index is 2.34. The zero-order valence-electron chi connectivity index (χ0n) is 12.4. The molecule has 0 atom stereocenters. The number of aryl methyl sites for hydroxylation is 1. The number of ketones is 1. The molecule has 0 aliphatic carbocycles. The third-order valence-electron chi connectivity index (χ3n) is 3.98. The third kappa shape index (κ3) is 2.89. The maximum atomic E-state index is 12.1. The first-order valence-electron chi connectivity index (χ1n) is 7.03. The van der Waals surface area contributed by atoms with Crippen LogP contribution in [0.25, 0.3) is 0 Å². The van der Waals surface area contributed by atoms with Gasteiger partial charge < -0.3 is 4.90 Å². The van der Waals surface area contributed by atoms with Crippen molar-refractivity contribution in [2.75, 3.05) is 11.4 Å². The summed E-state index contributed by atoms with van der Waals surface area (Å²) in [6.45, 7) is 9.32. The van der Waals surface area contributed by atoms with Crippen LogP contribution in [0.15, 0.2) is 36.0 Å². The van der Waals surface area contributed by atoms with Gasteiger partial charge in [0, 0.05) is 30.4 Å². The van der Waals surface area contributed by atoms with E-state index < -0.39 is 0 Å². The van der Waals surface area contributed by atoms with Crippen LogP contribution in [0.4, 0.5) is 5.69 Å². The lowest BCUT2D eigenvalue weighted by molar-refractivity contribution is -0.116. The monoisotopic (exact) mass is 257 g/mol. The van der Waals surface area contributed by atoms with Crippen molar-refractivity contribution in [1.82, 2.24) is 0 Å². The van der Waals surface area contributed by atoms with E-state index in [1.54, 1.807) is 0 Å². The second-order valence-corrected chi connectivity index (χ2v) is 5.98. The van der Waals surface area contributed by atoms with Crippen molar-refractivity contribution in [1.29, 1.82) is 0 Å². The number of Topliss-reactive ketones (excluding diaryl/α,β-unsaturated/α-hetero) is 1. The van der Waals surface area contributed by atoms with Crippen LogP contribution in [0.5, 0.6) is 0 Å². The Kier molecular flexibility index (Phi) is 3.79. The highest BCUT2D eigenvalue weighted by molar-refractivity contribution is 5.97. The molecule has 1 aromatic rings. The van der Waals surface area contributed by atoms with Crippen molar-refractivity contribution in [3.05, 3.63) is 41.6 Å². The first kappa shape index (κ1) is 13.9. The minimum atomic E-state index is -0.00566. The summed E-state index contributed by atoms with van der Waals surface area (Å²) in [6, 6.07) is 8.48. The summed E-state index contributed by atoms with van der Waals surface area (Å²) in [7, 11) is 0. The minimum Gasteiger partial charge on any atom is -0.348 e. The van der Waals surface area contributed by atoms with E-state index in [4.69, 9.17) is 0 Å². The molecule has 0 unspecified atom stereocenters. The van der Waals surface area contributed by atoms with E-state index in [-0.39, 0.29) is 11.2 Å². The van der Waals surface area contributed by atoms with Gasteiger partial charge in [-0.15, -0.1) is 0 Å². The minimum absolute atomic E-state index is 0.00566. The van der Waals surface area contributed by atoms with E-state index in [0.29, 0.717) is 6.42 Å². The van der Waals surface area contributed by atoms with Gasteiger partial charge in [-0.05, 0) is 30.9 Å². The number of nitrogens with zero attached hydrogens (tertiary/aromatic N) is 1. The molecule has 1 heterocycles. The number of allylic oxidation sites excluding steroid dienone is 1. The lowest BCUT2D eigenvalue weighted by Gasteiger charge is -2.37. The fourth-order valence-corrected chi connectivity index (χ4v) is 2.51. The van der Waals surface area contributed by atoms with Gasteiger partial charge in [0.1, 0.15) is 0 Å². The molecule has 0 amide bonds. The predicted molar refractivity (Wildman–Crippen MR) is 80.3 cm³/mol. The number of carbonyl (C=O) groups is 1. The van der Waals surface area contributed by atoms with Crippen LogP contribution >= 0.6 is 0 Å². The van der Waals surface area contributed by atoms with Crippen LogP contribution in [-0.4, -0.2) is 12.3 Å². The Labute approximate surface area is 116 Å². The molecule has 102 valence electrons. The summed E-state index contributed by atoms with van der Waals surface area (Å²) in [5.74, 6) is 0.266. The normalized spacial score (nSPS) is 18.1. The summed E-state index contributed by atoms with van der Waals surface area (Å²) in [5, 5.41) is 0. The van der Waals surface area contributed by atoms with E-state index >= 15 is 0 Å². The molecule has 0 aromatic heterocycles. The number of benzene rings is 1. The average molecular weight is 257 g/mol. The van der Waals surface area contributed by atoms with Crippen molar-refractivity contribution in [3.8, 4) is 0 Å². The van der Waals surface area contributed by atoms with Crippen LogP contribution in [0.1, 0.15) is 39.2 Å². The number of carbonyl (C=O) groups excluding carboxylic acids is 1. The first-order valence-corrected chi connectivity index (χ1v) is 7.03. The summed E-state index contributed by atoms with van der Waals surface area (Å²) >= 11 is 0. The highest BCUT2D eigenvalue weighted by atomic mass is 16.1. The zero-order chi connectivity index (χ0) is 14.0. The molecule has 0 saturated carbocycles. The van der Waals surface area contributed by atoms with Crippen LogP contribution in [0.2, 0.25) is 0 Å². The number of anilines is 1. The van der Waals surface area contributed by atoms with E-state index in [9.17, 15) is 4.79 Å². The molecule has 2 rings (SSSR count). The lowest BCUT2D eigenvalue weighted by atomic mass is 9.77. The maximum absolute atomic E-state index is 12.1. The molecule has 1 aliphatic heterocycles. The molecule has 0 radical (unpaired) electrons. The lowest BCUT2D eigenvalue weighted by Crippen LogP contribution is -2.34. The molecule has 0 bridgehead atoms. The highest BCUT2D eigenvalue weighted by Crippen LogP contribution is 2.37. The van der Waals surface area contributed by atoms with Gasteiger partial charge in [0.05, 0.1) is 0 Å². The van der Waals surface area contributed by atoms with Gasteiger partial charge >= 0.3 is 0 Å². The zero-order valence-corrected chi connectivity index (χ0v) is 12.4. The molecule has 0 spiro atoms. The summed E-state index contributed by atoms with van der Waals surface area (Å²) in [4.78, 5) is 14.3. The van der Waals surface area contributed by atoms with Gasteiger partial charge in [-0.1, -0.05) is 38.5 Å². The van der Waals surface area contributed by atoms with E-state index in [1.165, 1.54) is 11.3 Å². The molecule has 0 fully saturated rings. The first-order chi connectivity index (χ1) is 8.94. The Morgan fingerprint density at radius 3 is 2.47 bits per heavy atom. The second kappa shape index (κ2) is 5.20. The van der Waals surface area contributed by atoms with Gasteiger partial charge in [-0.2, -0.15) is 0 Å². The number of hydrogen-bond acceptors (Lipinski definition) is 2. The average Bonchev–Trinajstić information content (AvgIpc) is 2.39. The van der Waals surface area contributed by atoms with Crippen LogP contribution in [-0.2, 0) is 4.79 Å². The van der Waals surface area contributed by atoms with Crippen LogP contribution in [0, 0.1) is 12.3 Å². The summed E-state index contributed by atoms with van der Waals surface area (Å²) in [6.07, 6.45) is 3.65. The van der Waals surface area contributed by atoms with Gasteiger partial charge in [0.15, 0.2) is 5.78 Å². The molecule has 2 heteroatoms. The standard InChI is InChI=1S/C17H23NO/c1-5-16(19)15-12-18(11-10-17(15,3)4)14-8-6-13(2)7-9-14/h6-9,12H,5,10-11H2,1-4H3. The van der Waals surface area contributed by atoms with Gasteiger partial charge in [-0.3, -0.25) is 4.79 Å². The van der Waals surface area contributed by atoms with Gasteiger partial charge in [0.25, 0.3) is 0 Å². The van der Waals surface area contributed by atoms with E-state index in [2.05, 4.69) is 56.1 Å². The fraction of sp³-hybridized carbons (Fsp3) is 0.471. The predicted octanol–water partition coefficient (Wildman–Crippen LogP) is 4.09. The smallest absolute Gasteiger partial charge is 0.160 e. The Morgan fingerprint density at radius 2 is 1.89 bits per heavy atom. The van der Waals surface area contributed by atoms with Crippen molar-refractivity contribution in [3.63, 3.8) is 0 Å². The Morgan fingerprint density at radius 1 is 1.26 bits per heavy atom. The fourth-order valence-electron chi connectivity index (χ4n) is 2.51. The van der Waals surface area contributed by atoms with Crippen LogP contribution < -0.4 is 4.90 Å². The highest BCUT2D eigenvalue weighted by Gasteiger charge is 2.32. The Hall–Kier alpha value is -1.57. The van der Waals surface area contributed by atoms with E-state index in [1.807, 2.05) is 6.92 Å². The SMILES string of the molecule is CCC(=O)C1=CN(c2ccc(C)cc2)CCC1(C)C. The van der Waals surface area contributed by atoms with Gasteiger partial charge in [0.2, 0.25) is 0 Å². The third-order valence-corrected chi connectivity index (χ3v) is 3.98. The van der Waals surface area contributed by atoms with Crippen molar-refractivity contribution < 1.29 is 4.79 Å². The van der Waals surface area contributed by atoms with E-state index in [0.717, 1.165) is 18.5 Å². The quantitative estimate of drug-likeness (QED) is 0.812. The molecular formula is C17H23NO. The molecule has 1 aromatic carbocycles. The second-order valence-electron chi connectivity index (χ2n) is 5.98. The number of rotatable bonds is 3. The molecular weight excluding hydrogens is 234 g/mol. The summed E-state index contributed by atoms with van der Waals surface area (Å²) in [5.41, 5.74) is 3.38. The van der Waals surface area contributed by atoms with Crippen molar-refractivity contribution in [2.24, 2.45) is 5.41 Å². The van der Waals surface area contributed by atoms with Gasteiger partial charge in [-0.25, -0.2) is 0 Å². The molecule has 19 heavy (non-hydrogen) atoms. The topological polar surface area (TPSA) is 20.3 Å². The van der Waals surface area contributed by atoms with Crippen molar-refractivity contribution in [2.45, 2.75) is 40.5 Å². The largest absolute Gasteiger partial charge is 0.348 e. The summed E-state index contributed by atoms with van der Waals surface area (Å²) < 4.78 is 0.